The fraction of sp³-hybridized carbons (Fsp3) is 0.333. The second kappa shape index (κ2) is 10.0. The van der Waals surface area contributed by atoms with Gasteiger partial charge in [-0.05, 0) is 44.5 Å². The first kappa shape index (κ1) is 23.6. The summed E-state index contributed by atoms with van der Waals surface area (Å²) in [6, 6.07) is 4.90. The van der Waals surface area contributed by atoms with Crippen LogP contribution in [0.1, 0.15) is 31.4 Å². The number of aromatic nitrogens is 3. The smallest absolute Gasteiger partial charge is 0.166 e. The van der Waals surface area contributed by atoms with Crippen molar-refractivity contribution in [1.29, 1.82) is 0 Å². The van der Waals surface area contributed by atoms with Gasteiger partial charge in [0.2, 0.25) is 0 Å². The third kappa shape index (κ3) is 5.23. The molecule has 0 bridgehead atoms. The van der Waals surface area contributed by atoms with Gasteiger partial charge in [-0.25, -0.2) is 9.37 Å². The van der Waals surface area contributed by atoms with Crippen molar-refractivity contribution in [2.45, 2.75) is 38.5 Å². The largest absolute Gasteiger partial charge is 0.482 e. The van der Waals surface area contributed by atoms with Crippen molar-refractivity contribution in [1.82, 2.24) is 20.1 Å². The highest BCUT2D eigenvalue weighted by Gasteiger charge is 2.20. The number of ether oxygens (including phenoxy) is 1. The van der Waals surface area contributed by atoms with Gasteiger partial charge in [0.15, 0.2) is 11.6 Å². The number of nitrogens with two attached hydrogens (primary N) is 1. The molecule has 0 aliphatic carbocycles. The van der Waals surface area contributed by atoms with Crippen molar-refractivity contribution < 1.29 is 9.13 Å². The number of nitrogen functional groups attached to an aromatic ring is 1. The van der Waals surface area contributed by atoms with Gasteiger partial charge in [-0.3, -0.25) is 4.68 Å². The second-order valence-corrected chi connectivity index (χ2v) is 8.15. The molecule has 166 valence electrons. The lowest BCUT2D eigenvalue weighted by atomic mass is 10.1. The molecular formula is C21H23Cl3FN5O. The first-order valence-electron chi connectivity index (χ1n) is 9.74. The molecule has 1 unspecified atom stereocenters. The second-order valence-electron chi connectivity index (χ2n) is 7.37. The summed E-state index contributed by atoms with van der Waals surface area (Å²) >= 11 is 12.3. The van der Waals surface area contributed by atoms with Crippen molar-refractivity contribution in [3.63, 3.8) is 0 Å². The minimum Gasteiger partial charge on any atom is -0.482 e. The average Bonchev–Trinajstić information content (AvgIpc) is 3.39. The van der Waals surface area contributed by atoms with E-state index < -0.39 is 11.9 Å². The Hall–Kier alpha value is -2.06. The predicted molar refractivity (Wildman–Crippen MR) is 124 cm³/mol. The van der Waals surface area contributed by atoms with Crippen LogP contribution in [-0.4, -0.2) is 27.4 Å². The van der Waals surface area contributed by atoms with Crippen LogP contribution in [-0.2, 0) is 6.54 Å². The Morgan fingerprint density at radius 1 is 1.32 bits per heavy atom. The number of rotatable bonds is 6. The van der Waals surface area contributed by atoms with Crippen molar-refractivity contribution in [3.8, 4) is 16.9 Å². The average molecular weight is 487 g/mol. The standard InChI is InChI=1S/C21H22Cl2FN5O.ClH/c1-12(19-16(22)4-5-17(24)20(19)23)30-18-7-13(8-27-21(18)25)14-9-28-29(10-14)11-15-3-2-6-26-15;/h4-5,7-10,12,15,26H,2-3,6,11H2,1H3,(H2,25,27);1H/t12?,15-;/m0./s1. The Morgan fingerprint density at radius 3 is 2.87 bits per heavy atom. The first-order valence-corrected chi connectivity index (χ1v) is 10.5. The van der Waals surface area contributed by atoms with Gasteiger partial charge in [-0.15, -0.1) is 12.4 Å². The van der Waals surface area contributed by atoms with Gasteiger partial charge in [0.1, 0.15) is 11.9 Å². The summed E-state index contributed by atoms with van der Waals surface area (Å²) in [5.41, 5.74) is 8.09. The third-order valence-electron chi connectivity index (χ3n) is 5.21. The van der Waals surface area contributed by atoms with E-state index in [4.69, 9.17) is 33.7 Å². The summed E-state index contributed by atoms with van der Waals surface area (Å²) in [4.78, 5) is 4.24. The van der Waals surface area contributed by atoms with Crippen molar-refractivity contribution in [2.75, 3.05) is 12.3 Å². The molecule has 3 heterocycles. The van der Waals surface area contributed by atoms with E-state index in [1.807, 2.05) is 10.9 Å². The summed E-state index contributed by atoms with van der Waals surface area (Å²) in [6.45, 7) is 3.60. The molecule has 2 atom stereocenters. The highest BCUT2D eigenvalue weighted by Crippen LogP contribution is 2.36. The molecular weight excluding hydrogens is 464 g/mol. The molecule has 3 aromatic rings. The third-order valence-corrected chi connectivity index (χ3v) is 5.92. The van der Waals surface area contributed by atoms with Crippen LogP contribution < -0.4 is 15.8 Å². The van der Waals surface area contributed by atoms with Gasteiger partial charge in [0, 0.05) is 40.1 Å². The van der Waals surface area contributed by atoms with E-state index in [0.717, 1.165) is 30.6 Å². The Kier molecular flexibility index (Phi) is 7.64. The number of pyridine rings is 1. The monoisotopic (exact) mass is 485 g/mol. The van der Waals surface area contributed by atoms with E-state index in [-0.39, 0.29) is 23.2 Å². The van der Waals surface area contributed by atoms with Crippen LogP contribution in [0.15, 0.2) is 36.8 Å². The molecule has 6 nitrogen and oxygen atoms in total. The zero-order chi connectivity index (χ0) is 21.3. The maximum absolute atomic E-state index is 13.9. The Balaban J connectivity index is 0.00000272. The van der Waals surface area contributed by atoms with Gasteiger partial charge < -0.3 is 15.8 Å². The molecule has 1 aromatic carbocycles. The Bertz CT molecular complexity index is 1060. The summed E-state index contributed by atoms with van der Waals surface area (Å²) in [6.07, 6.45) is 7.15. The van der Waals surface area contributed by atoms with Crippen LogP contribution in [0.5, 0.6) is 5.75 Å². The molecule has 1 fully saturated rings. The normalized spacial score (nSPS) is 16.7. The number of hydrogen-bond donors (Lipinski definition) is 2. The fourth-order valence-corrected chi connectivity index (χ4v) is 4.30. The molecule has 1 aliphatic heterocycles. The lowest BCUT2D eigenvalue weighted by Crippen LogP contribution is -2.26. The topological polar surface area (TPSA) is 78.0 Å². The molecule has 4 rings (SSSR count). The summed E-state index contributed by atoms with van der Waals surface area (Å²) in [7, 11) is 0. The molecule has 3 N–H and O–H groups in total. The van der Waals surface area contributed by atoms with Gasteiger partial charge in [0.05, 0.1) is 17.8 Å². The van der Waals surface area contributed by atoms with Crippen LogP contribution in [0.3, 0.4) is 0 Å². The van der Waals surface area contributed by atoms with Crippen molar-refractivity contribution in [3.05, 3.63) is 58.2 Å². The number of benzene rings is 1. The van der Waals surface area contributed by atoms with Crippen LogP contribution in [0.25, 0.3) is 11.1 Å². The molecule has 0 amide bonds. The predicted octanol–water partition coefficient (Wildman–Crippen LogP) is 5.29. The number of nitrogens with zero attached hydrogens (tertiary/aromatic N) is 3. The van der Waals surface area contributed by atoms with Gasteiger partial charge in [0.25, 0.3) is 0 Å². The molecule has 10 heteroatoms. The number of anilines is 1. The zero-order valence-corrected chi connectivity index (χ0v) is 19.1. The number of nitrogens with one attached hydrogen (secondary N) is 1. The molecule has 0 spiro atoms. The Morgan fingerprint density at radius 2 is 2.13 bits per heavy atom. The fourth-order valence-electron chi connectivity index (χ4n) is 3.62. The SMILES string of the molecule is CC(Oc1cc(-c2cnn(C[C@@H]3CCCN3)c2)cnc1N)c1c(Cl)ccc(F)c1Cl.Cl. The van der Waals surface area contributed by atoms with E-state index in [9.17, 15) is 4.39 Å². The van der Waals surface area contributed by atoms with Crippen LogP contribution in [0, 0.1) is 5.82 Å². The van der Waals surface area contributed by atoms with Crippen molar-refractivity contribution >= 4 is 41.4 Å². The highest BCUT2D eigenvalue weighted by atomic mass is 35.5. The lowest BCUT2D eigenvalue weighted by molar-refractivity contribution is 0.227. The minimum atomic E-state index is -0.629. The van der Waals surface area contributed by atoms with Gasteiger partial charge in [-0.1, -0.05) is 23.2 Å². The maximum Gasteiger partial charge on any atom is 0.166 e. The molecule has 0 radical (unpaired) electrons. The van der Waals surface area contributed by atoms with Gasteiger partial charge >= 0.3 is 0 Å². The van der Waals surface area contributed by atoms with E-state index in [1.54, 1.807) is 25.4 Å². The summed E-state index contributed by atoms with van der Waals surface area (Å²) in [5, 5.41) is 8.16. The molecule has 2 aromatic heterocycles. The van der Waals surface area contributed by atoms with E-state index >= 15 is 0 Å². The molecule has 31 heavy (non-hydrogen) atoms. The Labute approximate surface area is 196 Å². The van der Waals surface area contributed by atoms with Crippen molar-refractivity contribution in [2.24, 2.45) is 0 Å². The van der Waals surface area contributed by atoms with E-state index in [1.165, 1.54) is 18.6 Å². The lowest BCUT2D eigenvalue weighted by Gasteiger charge is -2.19. The van der Waals surface area contributed by atoms with Crippen LogP contribution in [0.2, 0.25) is 10.0 Å². The van der Waals surface area contributed by atoms with Crippen LogP contribution >= 0.6 is 35.6 Å². The zero-order valence-electron chi connectivity index (χ0n) is 16.8. The minimum absolute atomic E-state index is 0. The quantitative estimate of drug-likeness (QED) is 0.463. The van der Waals surface area contributed by atoms with E-state index in [0.29, 0.717) is 22.4 Å². The molecule has 0 saturated carbocycles. The first-order chi connectivity index (χ1) is 14.4. The van der Waals surface area contributed by atoms with E-state index in [2.05, 4.69) is 15.4 Å². The number of halogens is 4. The summed E-state index contributed by atoms with van der Waals surface area (Å²) in [5.74, 6) is 0.0222. The van der Waals surface area contributed by atoms with Crippen LogP contribution in [0.4, 0.5) is 10.2 Å². The maximum atomic E-state index is 13.9. The van der Waals surface area contributed by atoms with Gasteiger partial charge in [-0.2, -0.15) is 5.10 Å². The summed E-state index contributed by atoms with van der Waals surface area (Å²) < 4.78 is 21.8. The highest BCUT2D eigenvalue weighted by molar-refractivity contribution is 6.36. The number of hydrogen-bond acceptors (Lipinski definition) is 5. The molecule has 1 aliphatic rings. The molecule has 1 saturated heterocycles.